The minimum absolute atomic E-state index is 0.240. The maximum atomic E-state index is 13.6. The topological polar surface area (TPSA) is 73.4 Å². The van der Waals surface area contributed by atoms with Gasteiger partial charge < -0.3 is 10.4 Å². The fourth-order valence-electron chi connectivity index (χ4n) is 2.80. The molecule has 0 radical (unpaired) electrons. The Morgan fingerprint density at radius 2 is 1.87 bits per heavy atom. The number of benzene rings is 1. The van der Waals surface area contributed by atoms with Crippen molar-refractivity contribution >= 4 is 5.91 Å². The van der Waals surface area contributed by atoms with Crippen LogP contribution < -0.4 is 16.2 Å². The van der Waals surface area contributed by atoms with Gasteiger partial charge in [0.25, 0.3) is 5.91 Å². The molecule has 0 atom stereocenters. The van der Waals surface area contributed by atoms with Gasteiger partial charge >= 0.3 is 0 Å². The first kappa shape index (κ1) is 17.6. The van der Waals surface area contributed by atoms with Gasteiger partial charge in [-0.2, -0.15) is 4.39 Å². The summed E-state index contributed by atoms with van der Waals surface area (Å²) in [5.74, 6) is -6.75. The molecule has 128 valence electrons. The maximum absolute atomic E-state index is 13.6. The average Bonchev–Trinajstić information content (AvgIpc) is 2.55. The average molecular weight is 331 g/mol. The third-order valence-corrected chi connectivity index (χ3v) is 4.13. The van der Waals surface area contributed by atoms with Crippen molar-refractivity contribution in [3.63, 3.8) is 0 Å². The second-order valence-electron chi connectivity index (χ2n) is 5.70. The van der Waals surface area contributed by atoms with E-state index in [1.54, 1.807) is 7.05 Å². The maximum Gasteiger partial charge on any atom is 0.254 e. The van der Waals surface area contributed by atoms with Crippen LogP contribution in [0, 0.1) is 23.4 Å². The van der Waals surface area contributed by atoms with E-state index in [4.69, 9.17) is 5.11 Å². The van der Waals surface area contributed by atoms with Crippen LogP contribution in [0.2, 0.25) is 0 Å². The number of phenolic OH excluding ortho intramolecular Hbond substituents is 1. The van der Waals surface area contributed by atoms with Crippen molar-refractivity contribution in [2.45, 2.75) is 31.7 Å². The summed E-state index contributed by atoms with van der Waals surface area (Å²) in [7, 11) is 1.80. The van der Waals surface area contributed by atoms with E-state index in [2.05, 4.69) is 16.2 Å². The molecule has 23 heavy (non-hydrogen) atoms. The molecule has 0 bridgehead atoms. The zero-order chi connectivity index (χ0) is 17.0. The molecular weight excluding hydrogens is 311 g/mol. The van der Waals surface area contributed by atoms with E-state index >= 15 is 0 Å². The van der Waals surface area contributed by atoms with Crippen LogP contribution in [0.4, 0.5) is 13.2 Å². The third kappa shape index (κ3) is 4.14. The number of carbonyl (C=O) groups excluding carboxylic acids is 1. The molecule has 0 aliphatic heterocycles. The second kappa shape index (κ2) is 7.65. The van der Waals surface area contributed by atoms with E-state index in [0.29, 0.717) is 18.7 Å². The van der Waals surface area contributed by atoms with Crippen molar-refractivity contribution in [1.29, 1.82) is 0 Å². The first-order chi connectivity index (χ1) is 10.9. The van der Waals surface area contributed by atoms with Gasteiger partial charge in [0.1, 0.15) is 0 Å². The van der Waals surface area contributed by atoms with E-state index in [0.717, 1.165) is 25.7 Å². The highest BCUT2D eigenvalue weighted by molar-refractivity contribution is 5.94. The number of phenols is 1. The van der Waals surface area contributed by atoms with E-state index < -0.39 is 34.7 Å². The van der Waals surface area contributed by atoms with Gasteiger partial charge in [-0.1, -0.05) is 0 Å². The molecule has 0 unspecified atom stereocenters. The SMILES string of the molecule is CNNC1CCC(CNC(=O)c2cc(F)c(O)c(F)c2F)CC1. The van der Waals surface area contributed by atoms with Crippen molar-refractivity contribution in [2.75, 3.05) is 13.6 Å². The van der Waals surface area contributed by atoms with Gasteiger partial charge in [0.15, 0.2) is 17.4 Å². The molecule has 1 aromatic carbocycles. The Morgan fingerprint density at radius 3 is 2.48 bits per heavy atom. The summed E-state index contributed by atoms with van der Waals surface area (Å²) in [4.78, 5) is 11.9. The minimum atomic E-state index is -1.76. The number of carbonyl (C=O) groups is 1. The lowest BCUT2D eigenvalue weighted by atomic mass is 9.86. The highest BCUT2D eigenvalue weighted by Crippen LogP contribution is 2.26. The fourth-order valence-corrected chi connectivity index (χ4v) is 2.80. The van der Waals surface area contributed by atoms with Crippen molar-refractivity contribution in [3.8, 4) is 5.75 Å². The minimum Gasteiger partial charge on any atom is -0.503 e. The van der Waals surface area contributed by atoms with Gasteiger partial charge in [-0.3, -0.25) is 15.6 Å². The Labute approximate surface area is 132 Å². The van der Waals surface area contributed by atoms with E-state index in [1.807, 2.05) is 0 Å². The van der Waals surface area contributed by atoms with Crippen LogP contribution in [0.3, 0.4) is 0 Å². The highest BCUT2D eigenvalue weighted by atomic mass is 19.2. The lowest BCUT2D eigenvalue weighted by molar-refractivity contribution is 0.0936. The molecule has 2 rings (SSSR count). The standard InChI is InChI=1S/C15H20F3N3O2/c1-19-21-9-4-2-8(3-5-9)7-20-15(23)10-6-11(16)14(22)13(18)12(10)17/h6,8-9,19,21-22H,2-5,7H2,1H3,(H,20,23). The zero-order valence-corrected chi connectivity index (χ0v) is 12.8. The van der Waals surface area contributed by atoms with E-state index in [9.17, 15) is 18.0 Å². The van der Waals surface area contributed by atoms with Crippen LogP contribution in [0.25, 0.3) is 0 Å². The Bertz CT molecular complexity index is 576. The zero-order valence-electron chi connectivity index (χ0n) is 12.8. The third-order valence-electron chi connectivity index (χ3n) is 4.13. The largest absolute Gasteiger partial charge is 0.503 e. The summed E-state index contributed by atoms with van der Waals surface area (Å²) in [6, 6.07) is 0.876. The fraction of sp³-hybridized carbons (Fsp3) is 0.533. The molecule has 1 fully saturated rings. The van der Waals surface area contributed by atoms with Crippen LogP contribution >= 0.6 is 0 Å². The van der Waals surface area contributed by atoms with Crippen LogP contribution in [0.15, 0.2) is 6.07 Å². The van der Waals surface area contributed by atoms with Crippen LogP contribution in [-0.2, 0) is 0 Å². The van der Waals surface area contributed by atoms with E-state index in [1.165, 1.54) is 0 Å². The Morgan fingerprint density at radius 1 is 1.22 bits per heavy atom. The number of hydrogen-bond donors (Lipinski definition) is 4. The van der Waals surface area contributed by atoms with Crippen molar-refractivity contribution in [3.05, 3.63) is 29.1 Å². The lowest BCUT2D eigenvalue weighted by Gasteiger charge is -2.29. The molecule has 0 saturated heterocycles. The predicted octanol–water partition coefficient (Wildman–Crippen LogP) is 1.82. The quantitative estimate of drug-likeness (QED) is 0.491. The van der Waals surface area contributed by atoms with Crippen molar-refractivity contribution in [2.24, 2.45) is 5.92 Å². The lowest BCUT2D eigenvalue weighted by Crippen LogP contribution is -2.42. The molecule has 1 aliphatic carbocycles. The van der Waals surface area contributed by atoms with Crippen molar-refractivity contribution < 1.29 is 23.1 Å². The molecule has 1 aromatic rings. The number of hydrazine groups is 1. The summed E-state index contributed by atoms with van der Waals surface area (Å²) in [5.41, 5.74) is 5.27. The Balaban J connectivity index is 1.91. The van der Waals surface area contributed by atoms with Gasteiger partial charge in [-0.25, -0.2) is 8.78 Å². The predicted molar refractivity (Wildman–Crippen MR) is 78.3 cm³/mol. The normalized spacial score (nSPS) is 21.2. The van der Waals surface area contributed by atoms with Gasteiger partial charge in [-0.05, 0) is 44.7 Å². The molecule has 4 N–H and O–H groups in total. The summed E-state index contributed by atoms with van der Waals surface area (Å²) < 4.78 is 40.1. The summed E-state index contributed by atoms with van der Waals surface area (Å²) in [6.45, 7) is 0.314. The first-order valence-corrected chi connectivity index (χ1v) is 7.51. The number of rotatable bonds is 5. The number of halogens is 3. The van der Waals surface area contributed by atoms with Gasteiger partial charge in [-0.15, -0.1) is 0 Å². The molecule has 8 heteroatoms. The molecule has 0 spiro atoms. The summed E-state index contributed by atoms with van der Waals surface area (Å²) >= 11 is 0. The Hall–Kier alpha value is -1.80. The first-order valence-electron chi connectivity index (χ1n) is 7.51. The molecule has 1 amide bonds. The summed E-state index contributed by atoms with van der Waals surface area (Å²) in [6.07, 6.45) is 3.66. The molecule has 1 aliphatic rings. The summed E-state index contributed by atoms with van der Waals surface area (Å²) in [5, 5.41) is 11.5. The van der Waals surface area contributed by atoms with Gasteiger partial charge in [0.05, 0.1) is 5.56 Å². The van der Waals surface area contributed by atoms with E-state index in [-0.39, 0.29) is 5.92 Å². The monoisotopic (exact) mass is 331 g/mol. The molecular formula is C15H20F3N3O2. The van der Waals surface area contributed by atoms with Crippen LogP contribution in [0.1, 0.15) is 36.0 Å². The number of hydrogen-bond acceptors (Lipinski definition) is 4. The molecule has 1 saturated carbocycles. The molecule has 0 heterocycles. The van der Waals surface area contributed by atoms with Crippen LogP contribution in [-0.4, -0.2) is 30.6 Å². The molecule has 5 nitrogen and oxygen atoms in total. The van der Waals surface area contributed by atoms with Gasteiger partial charge in [0.2, 0.25) is 5.82 Å². The number of aromatic hydroxyl groups is 1. The number of nitrogens with one attached hydrogen (secondary N) is 3. The highest BCUT2D eigenvalue weighted by Gasteiger charge is 2.24. The van der Waals surface area contributed by atoms with Crippen LogP contribution in [0.5, 0.6) is 5.75 Å². The number of amides is 1. The smallest absolute Gasteiger partial charge is 0.254 e. The Kier molecular flexibility index (Phi) is 5.84. The van der Waals surface area contributed by atoms with Gasteiger partial charge in [0, 0.05) is 12.6 Å². The second-order valence-corrected chi connectivity index (χ2v) is 5.70. The van der Waals surface area contributed by atoms with Crippen molar-refractivity contribution in [1.82, 2.24) is 16.2 Å². The molecule has 0 aromatic heterocycles.